The molecule has 1 aliphatic rings. The quantitative estimate of drug-likeness (QED) is 0.214. The molecule has 0 unspecified atom stereocenters. The maximum atomic E-state index is 12.9. The number of alkyl halides is 3. The molecule has 9 heteroatoms. The number of carbonyl (C=O) groups is 1. The van der Waals surface area contributed by atoms with Gasteiger partial charge in [-0.25, -0.2) is 9.50 Å². The molecular weight excluding hydrogens is 515 g/mol. The van der Waals surface area contributed by atoms with Crippen LogP contribution < -0.4 is 10.6 Å². The summed E-state index contributed by atoms with van der Waals surface area (Å²) in [5, 5.41) is 10.8. The highest BCUT2D eigenvalue weighted by Gasteiger charge is 2.27. The van der Waals surface area contributed by atoms with Crippen LogP contribution in [0.15, 0.2) is 54.7 Å². The van der Waals surface area contributed by atoms with E-state index in [2.05, 4.69) is 34.7 Å². The number of amides is 1. The fraction of sp³-hybridized carbons (Fsp3) is 0.387. The molecule has 0 bridgehead atoms. The van der Waals surface area contributed by atoms with E-state index < -0.39 is 12.6 Å². The topological polar surface area (TPSA) is 71.3 Å². The number of imidazole rings is 1. The van der Waals surface area contributed by atoms with Crippen LogP contribution in [-0.2, 0) is 12.8 Å². The van der Waals surface area contributed by atoms with E-state index in [0.717, 1.165) is 48.8 Å². The Morgan fingerprint density at radius 1 is 1.10 bits per heavy atom. The third kappa shape index (κ3) is 6.81. The average Bonchev–Trinajstić information content (AvgIpc) is 3.62. The van der Waals surface area contributed by atoms with Crippen molar-refractivity contribution in [1.29, 1.82) is 0 Å². The van der Waals surface area contributed by atoms with Gasteiger partial charge in [0.25, 0.3) is 5.91 Å². The zero-order valence-electron chi connectivity index (χ0n) is 22.8. The number of carbonyl (C=O) groups excluding carboxylic acids is 1. The molecule has 2 aromatic heterocycles. The lowest BCUT2D eigenvalue weighted by atomic mass is 10.0. The SMILES string of the molecule is CCCCc1cccc(Cc2cc(NCCC(F)(F)F)c3ncc(-c4ccc(C(=O)NC5CC5)c(C)c4)n3n2)c1. The summed E-state index contributed by atoms with van der Waals surface area (Å²) in [6.07, 6.45) is 2.25. The van der Waals surface area contributed by atoms with Crippen molar-refractivity contribution in [3.8, 4) is 11.3 Å². The third-order valence-electron chi connectivity index (χ3n) is 7.12. The van der Waals surface area contributed by atoms with Gasteiger partial charge in [0.2, 0.25) is 0 Å². The van der Waals surface area contributed by atoms with Gasteiger partial charge in [-0.15, -0.1) is 0 Å². The standard InChI is InChI=1S/C31H34F3N5O/c1-3-4-6-21-7-5-8-22(16-21)17-25-18-27(35-14-13-31(32,33)34)29-36-19-28(39(29)38-25)23-9-12-26(20(2)15-23)30(40)37-24-10-11-24/h5,7-9,12,15-16,18-19,24,35H,3-4,6,10-11,13-14,17H2,1-2H3,(H,37,40). The second-order valence-corrected chi connectivity index (χ2v) is 10.6. The Morgan fingerprint density at radius 3 is 2.62 bits per heavy atom. The lowest BCUT2D eigenvalue weighted by Crippen LogP contribution is -2.26. The number of anilines is 1. The van der Waals surface area contributed by atoms with Crippen LogP contribution in [0, 0.1) is 6.92 Å². The second-order valence-electron chi connectivity index (χ2n) is 10.6. The molecule has 1 amide bonds. The first kappa shape index (κ1) is 27.7. The highest BCUT2D eigenvalue weighted by atomic mass is 19.4. The van der Waals surface area contributed by atoms with Gasteiger partial charge in [0, 0.05) is 30.1 Å². The van der Waals surface area contributed by atoms with Crippen molar-refractivity contribution in [2.75, 3.05) is 11.9 Å². The first-order chi connectivity index (χ1) is 19.2. The van der Waals surface area contributed by atoms with Crippen molar-refractivity contribution < 1.29 is 18.0 Å². The maximum Gasteiger partial charge on any atom is 0.390 e. The second kappa shape index (κ2) is 11.7. The molecule has 1 aliphatic carbocycles. The predicted molar refractivity (Wildman–Crippen MR) is 151 cm³/mol. The first-order valence-corrected chi connectivity index (χ1v) is 13.9. The van der Waals surface area contributed by atoms with E-state index in [-0.39, 0.29) is 18.5 Å². The van der Waals surface area contributed by atoms with Crippen molar-refractivity contribution in [2.24, 2.45) is 0 Å². The van der Waals surface area contributed by atoms with Gasteiger partial charge in [-0.1, -0.05) is 43.7 Å². The van der Waals surface area contributed by atoms with E-state index in [1.165, 1.54) is 5.56 Å². The van der Waals surface area contributed by atoms with Crippen molar-refractivity contribution in [3.05, 3.63) is 82.7 Å². The average molecular weight is 550 g/mol. The van der Waals surface area contributed by atoms with Crippen molar-refractivity contribution in [2.45, 2.75) is 71.0 Å². The molecule has 2 N–H and O–H groups in total. The Morgan fingerprint density at radius 2 is 1.90 bits per heavy atom. The Bertz CT molecular complexity index is 1510. The number of halogens is 3. The number of unbranched alkanes of at least 4 members (excludes halogenated alkanes) is 1. The zero-order valence-corrected chi connectivity index (χ0v) is 22.8. The summed E-state index contributed by atoms with van der Waals surface area (Å²) in [5.74, 6) is -0.0811. The van der Waals surface area contributed by atoms with E-state index in [1.807, 2.05) is 31.2 Å². The van der Waals surface area contributed by atoms with Crippen LogP contribution >= 0.6 is 0 Å². The first-order valence-electron chi connectivity index (χ1n) is 13.9. The van der Waals surface area contributed by atoms with E-state index in [9.17, 15) is 18.0 Å². The van der Waals surface area contributed by atoms with Gasteiger partial charge < -0.3 is 10.6 Å². The lowest BCUT2D eigenvalue weighted by Gasteiger charge is -2.13. The van der Waals surface area contributed by atoms with Crippen LogP contribution in [-0.4, -0.2) is 39.3 Å². The largest absolute Gasteiger partial charge is 0.390 e. The smallest absolute Gasteiger partial charge is 0.382 e. The molecule has 1 saturated carbocycles. The van der Waals surface area contributed by atoms with Gasteiger partial charge >= 0.3 is 6.18 Å². The molecule has 4 aromatic rings. The van der Waals surface area contributed by atoms with E-state index in [1.54, 1.807) is 22.8 Å². The molecule has 210 valence electrons. The van der Waals surface area contributed by atoms with Crippen molar-refractivity contribution in [3.63, 3.8) is 0 Å². The van der Waals surface area contributed by atoms with Crippen LogP contribution in [0.2, 0.25) is 0 Å². The minimum absolute atomic E-state index is 0.0811. The summed E-state index contributed by atoms with van der Waals surface area (Å²) in [5.41, 5.74) is 6.98. The molecule has 2 aromatic carbocycles. The van der Waals surface area contributed by atoms with E-state index >= 15 is 0 Å². The molecule has 40 heavy (non-hydrogen) atoms. The van der Waals surface area contributed by atoms with Crippen molar-refractivity contribution in [1.82, 2.24) is 19.9 Å². The monoisotopic (exact) mass is 549 g/mol. The third-order valence-corrected chi connectivity index (χ3v) is 7.12. The number of nitrogens with zero attached hydrogens (tertiary/aromatic N) is 3. The number of hydrogen-bond acceptors (Lipinski definition) is 4. The summed E-state index contributed by atoms with van der Waals surface area (Å²) in [7, 11) is 0. The highest BCUT2D eigenvalue weighted by Crippen LogP contribution is 2.28. The molecule has 2 heterocycles. The molecule has 0 aliphatic heterocycles. The van der Waals surface area contributed by atoms with Gasteiger partial charge in [0.15, 0.2) is 5.65 Å². The minimum Gasteiger partial charge on any atom is -0.382 e. The van der Waals surface area contributed by atoms with Gasteiger partial charge in [-0.2, -0.15) is 18.3 Å². The molecule has 5 rings (SSSR count). The van der Waals surface area contributed by atoms with Gasteiger partial charge in [-0.3, -0.25) is 4.79 Å². The van der Waals surface area contributed by atoms with Crippen LogP contribution in [0.4, 0.5) is 18.9 Å². The Balaban J connectivity index is 1.49. The fourth-order valence-electron chi connectivity index (χ4n) is 4.83. The minimum atomic E-state index is -4.26. The van der Waals surface area contributed by atoms with Gasteiger partial charge in [0.1, 0.15) is 0 Å². The zero-order chi connectivity index (χ0) is 28.3. The van der Waals surface area contributed by atoms with E-state index in [4.69, 9.17) is 5.10 Å². The summed E-state index contributed by atoms with van der Waals surface area (Å²) >= 11 is 0. The van der Waals surface area contributed by atoms with Crippen LogP contribution in [0.5, 0.6) is 0 Å². The molecule has 1 fully saturated rings. The molecule has 6 nitrogen and oxygen atoms in total. The number of nitrogens with one attached hydrogen (secondary N) is 2. The Labute approximate surface area is 232 Å². The summed E-state index contributed by atoms with van der Waals surface area (Å²) < 4.78 is 40.4. The van der Waals surface area contributed by atoms with E-state index in [0.29, 0.717) is 34.7 Å². The van der Waals surface area contributed by atoms with Crippen molar-refractivity contribution >= 4 is 17.2 Å². The number of aryl methyl sites for hydroxylation is 2. The normalized spacial score (nSPS) is 13.5. The van der Waals surface area contributed by atoms with Crippen LogP contribution in [0.3, 0.4) is 0 Å². The number of rotatable bonds is 11. The highest BCUT2D eigenvalue weighted by molar-refractivity contribution is 5.96. The predicted octanol–water partition coefficient (Wildman–Crippen LogP) is 6.89. The summed E-state index contributed by atoms with van der Waals surface area (Å²) in [6, 6.07) is 16.0. The number of benzene rings is 2. The fourth-order valence-corrected chi connectivity index (χ4v) is 4.83. The molecule has 0 saturated heterocycles. The number of aromatic nitrogens is 3. The molecule has 0 atom stereocenters. The molecule has 0 radical (unpaired) electrons. The summed E-state index contributed by atoms with van der Waals surface area (Å²) in [4.78, 5) is 17.1. The maximum absolute atomic E-state index is 12.9. The lowest BCUT2D eigenvalue weighted by molar-refractivity contribution is -0.131. The van der Waals surface area contributed by atoms with Crippen LogP contribution in [0.1, 0.15) is 71.8 Å². The Hall–Kier alpha value is -3.88. The molecule has 0 spiro atoms. The Kier molecular flexibility index (Phi) is 8.09. The van der Waals surface area contributed by atoms with Gasteiger partial charge in [0.05, 0.1) is 29.7 Å². The van der Waals surface area contributed by atoms with Gasteiger partial charge in [-0.05, 0) is 67.5 Å². The number of fused-ring (bicyclic) bond motifs is 1. The molecular formula is C31H34F3N5O. The van der Waals surface area contributed by atoms with Crippen LogP contribution in [0.25, 0.3) is 16.9 Å². The summed E-state index contributed by atoms with van der Waals surface area (Å²) in [6.45, 7) is 3.79. The number of hydrogen-bond donors (Lipinski definition) is 2.